The highest BCUT2D eigenvalue weighted by atomic mass is 16.5. The van der Waals surface area contributed by atoms with Crippen LogP contribution in [0.5, 0.6) is 11.5 Å². The number of hydrogen-bond donors (Lipinski definition) is 1. The van der Waals surface area contributed by atoms with Crippen LogP contribution in [-0.2, 0) is 26.7 Å². The van der Waals surface area contributed by atoms with Crippen LogP contribution in [0.15, 0.2) is 47.5 Å². The van der Waals surface area contributed by atoms with E-state index in [1.54, 1.807) is 14.2 Å². The van der Waals surface area contributed by atoms with Crippen LogP contribution in [-0.4, -0.2) is 46.9 Å². The van der Waals surface area contributed by atoms with Crippen molar-refractivity contribution < 1.29 is 9.47 Å². The number of aryl methyl sites for hydroxylation is 2. The van der Waals surface area contributed by atoms with Crippen LogP contribution in [0.25, 0.3) is 0 Å². The van der Waals surface area contributed by atoms with Crippen molar-refractivity contribution in [2.24, 2.45) is 12.0 Å². The van der Waals surface area contributed by atoms with Crippen LogP contribution < -0.4 is 14.8 Å². The summed E-state index contributed by atoms with van der Waals surface area (Å²) in [7, 11) is 7.28. The van der Waals surface area contributed by atoms with Crippen LogP contribution in [0.2, 0.25) is 0 Å². The van der Waals surface area contributed by atoms with E-state index in [0.29, 0.717) is 25.4 Å². The minimum Gasteiger partial charge on any atom is -0.493 e. The number of nitrogens with one attached hydrogen (secondary N) is 1. The third-order valence-electron chi connectivity index (χ3n) is 5.45. The Labute approximate surface area is 189 Å². The zero-order chi connectivity index (χ0) is 23.1. The highest BCUT2D eigenvalue weighted by Crippen LogP contribution is 2.30. The molecule has 0 unspecified atom stereocenters. The molecule has 2 aromatic carbocycles. The van der Waals surface area contributed by atoms with E-state index in [0.717, 1.165) is 40.0 Å². The Morgan fingerprint density at radius 2 is 1.75 bits per heavy atom. The number of benzene rings is 2. The quantitative estimate of drug-likeness (QED) is 0.432. The van der Waals surface area contributed by atoms with Crippen molar-refractivity contribution in [3.8, 4) is 11.5 Å². The van der Waals surface area contributed by atoms with Crippen molar-refractivity contribution in [1.82, 2.24) is 25.0 Å². The minimum absolute atomic E-state index is 0.528. The van der Waals surface area contributed by atoms with Gasteiger partial charge < -0.3 is 24.3 Å². The van der Waals surface area contributed by atoms with Gasteiger partial charge in [-0.3, -0.25) is 0 Å². The third kappa shape index (κ3) is 5.57. The number of nitrogens with zero attached hydrogens (tertiary/aromatic N) is 5. The zero-order valence-electron chi connectivity index (χ0n) is 19.7. The van der Waals surface area contributed by atoms with Crippen molar-refractivity contribution in [2.75, 3.05) is 21.3 Å². The molecular formula is C24H32N6O2. The predicted molar refractivity (Wildman–Crippen MR) is 126 cm³/mol. The maximum atomic E-state index is 5.49. The molecule has 0 radical (unpaired) electrons. The van der Waals surface area contributed by atoms with Gasteiger partial charge in [0.1, 0.15) is 5.82 Å². The van der Waals surface area contributed by atoms with Crippen LogP contribution in [0.3, 0.4) is 0 Å². The molecule has 0 saturated carbocycles. The van der Waals surface area contributed by atoms with Gasteiger partial charge in [-0.25, -0.2) is 4.99 Å². The molecule has 3 aromatic rings. The molecule has 0 atom stereocenters. The molecular weight excluding hydrogens is 404 g/mol. The van der Waals surface area contributed by atoms with Gasteiger partial charge in [0.25, 0.3) is 0 Å². The van der Waals surface area contributed by atoms with E-state index in [1.165, 1.54) is 0 Å². The number of guanidine groups is 1. The zero-order valence-corrected chi connectivity index (χ0v) is 19.7. The molecule has 0 saturated heterocycles. The summed E-state index contributed by atoms with van der Waals surface area (Å²) in [6, 6.07) is 14.2. The van der Waals surface area contributed by atoms with E-state index < -0.39 is 0 Å². The second-order valence-corrected chi connectivity index (χ2v) is 7.69. The summed E-state index contributed by atoms with van der Waals surface area (Å²) in [5.74, 6) is 3.95. The molecule has 0 amide bonds. The lowest BCUT2D eigenvalue weighted by Crippen LogP contribution is -2.38. The number of hydrogen-bond acceptors (Lipinski definition) is 5. The van der Waals surface area contributed by atoms with Gasteiger partial charge in [-0.05, 0) is 42.7 Å². The SMILES string of the molecule is COc1cc(C)c(CN(C)C(=NCc2ccccc2)NCc2nnc(C)n2C)cc1OC. The number of aromatic nitrogens is 3. The van der Waals surface area contributed by atoms with E-state index in [1.807, 2.05) is 55.9 Å². The molecule has 0 aliphatic carbocycles. The molecule has 0 aliphatic heterocycles. The van der Waals surface area contributed by atoms with Gasteiger partial charge in [0.05, 0.1) is 27.3 Å². The Kier molecular flexibility index (Phi) is 7.70. The lowest BCUT2D eigenvalue weighted by Gasteiger charge is -2.24. The fourth-order valence-electron chi connectivity index (χ4n) is 3.35. The second-order valence-electron chi connectivity index (χ2n) is 7.69. The highest BCUT2D eigenvalue weighted by molar-refractivity contribution is 5.79. The normalized spacial score (nSPS) is 11.4. The van der Waals surface area contributed by atoms with E-state index in [9.17, 15) is 0 Å². The number of rotatable bonds is 8. The number of methoxy groups -OCH3 is 2. The summed E-state index contributed by atoms with van der Waals surface area (Å²) < 4.78 is 12.9. The molecule has 8 nitrogen and oxygen atoms in total. The lowest BCUT2D eigenvalue weighted by atomic mass is 10.1. The monoisotopic (exact) mass is 436 g/mol. The van der Waals surface area contributed by atoms with Crippen LogP contribution >= 0.6 is 0 Å². The lowest BCUT2D eigenvalue weighted by molar-refractivity contribution is 0.353. The maximum Gasteiger partial charge on any atom is 0.194 e. The Morgan fingerprint density at radius 1 is 1.06 bits per heavy atom. The largest absolute Gasteiger partial charge is 0.493 e. The van der Waals surface area contributed by atoms with Gasteiger partial charge in [0.2, 0.25) is 0 Å². The average Bonchev–Trinajstić information content (AvgIpc) is 3.12. The molecule has 3 rings (SSSR count). The van der Waals surface area contributed by atoms with Crippen LogP contribution in [0.1, 0.15) is 28.3 Å². The first-order valence-electron chi connectivity index (χ1n) is 10.5. The minimum atomic E-state index is 0.528. The molecule has 0 fully saturated rings. The summed E-state index contributed by atoms with van der Waals surface area (Å²) in [6.07, 6.45) is 0. The van der Waals surface area contributed by atoms with E-state index >= 15 is 0 Å². The Balaban J connectivity index is 1.82. The molecule has 0 aliphatic rings. The Morgan fingerprint density at radius 3 is 2.38 bits per heavy atom. The van der Waals surface area contributed by atoms with Crippen LogP contribution in [0, 0.1) is 13.8 Å². The van der Waals surface area contributed by atoms with Crippen LogP contribution in [0.4, 0.5) is 0 Å². The highest BCUT2D eigenvalue weighted by Gasteiger charge is 2.14. The predicted octanol–water partition coefficient (Wildman–Crippen LogP) is 3.23. The Hall–Kier alpha value is -3.55. The standard InChI is InChI=1S/C24H32N6O2/c1-17-12-21(31-5)22(32-6)13-20(17)16-29(3)24(25-14-19-10-8-7-9-11-19)26-15-23-28-27-18(2)30(23)4/h7-13H,14-16H2,1-6H3,(H,25,26). The average molecular weight is 437 g/mol. The van der Waals surface area contributed by atoms with Crippen molar-refractivity contribution in [3.63, 3.8) is 0 Å². The molecule has 170 valence electrons. The van der Waals surface area contributed by atoms with Crippen molar-refractivity contribution in [2.45, 2.75) is 33.5 Å². The first-order chi connectivity index (χ1) is 15.4. The number of aliphatic imine (C=N–C) groups is 1. The van der Waals surface area contributed by atoms with Crippen molar-refractivity contribution in [3.05, 3.63) is 70.8 Å². The molecule has 1 aromatic heterocycles. The van der Waals surface area contributed by atoms with E-state index in [2.05, 4.69) is 39.5 Å². The summed E-state index contributed by atoms with van der Waals surface area (Å²) >= 11 is 0. The summed E-state index contributed by atoms with van der Waals surface area (Å²) in [5.41, 5.74) is 3.41. The maximum absolute atomic E-state index is 5.49. The van der Waals surface area contributed by atoms with Gasteiger partial charge in [0, 0.05) is 20.6 Å². The van der Waals surface area contributed by atoms with Gasteiger partial charge in [0.15, 0.2) is 23.3 Å². The molecule has 32 heavy (non-hydrogen) atoms. The molecule has 1 heterocycles. The summed E-state index contributed by atoms with van der Waals surface area (Å²) in [4.78, 5) is 6.96. The van der Waals surface area contributed by atoms with Gasteiger partial charge in [-0.15, -0.1) is 10.2 Å². The number of ether oxygens (including phenoxy) is 2. The van der Waals surface area contributed by atoms with Crippen molar-refractivity contribution in [1.29, 1.82) is 0 Å². The second kappa shape index (κ2) is 10.7. The first kappa shape index (κ1) is 23.1. The molecule has 8 heteroatoms. The summed E-state index contributed by atoms with van der Waals surface area (Å²) in [6.45, 7) is 5.77. The smallest absolute Gasteiger partial charge is 0.194 e. The molecule has 0 spiro atoms. The first-order valence-corrected chi connectivity index (χ1v) is 10.5. The fraction of sp³-hybridized carbons (Fsp3) is 0.375. The fourth-order valence-corrected chi connectivity index (χ4v) is 3.35. The topological polar surface area (TPSA) is 76.8 Å². The molecule has 1 N–H and O–H groups in total. The third-order valence-corrected chi connectivity index (χ3v) is 5.45. The van der Waals surface area contributed by atoms with Gasteiger partial charge in [-0.2, -0.15) is 0 Å². The molecule has 0 bridgehead atoms. The van der Waals surface area contributed by atoms with Gasteiger partial charge in [-0.1, -0.05) is 30.3 Å². The van der Waals surface area contributed by atoms with E-state index in [-0.39, 0.29) is 0 Å². The van der Waals surface area contributed by atoms with Gasteiger partial charge >= 0.3 is 0 Å². The van der Waals surface area contributed by atoms with E-state index in [4.69, 9.17) is 14.5 Å². The summed E-state index contributed by atoms with van der Waals surface area (Å²) in [5, 5.41) is 11.8. The Bertz CT molecular complexity index is 1060. The van der Waals surface area contributed by atoms with Crippen molar-refractivity contribution >= 4 is 5.96 Å².